The molecule has 0 aliphatic carbocycles. The second-order valence-corrected chi connectivity index (χ2v) is 6.04. The second-order valence-electron chi connectivity index (χ2n) is 6.04. The quantitative estimate of drug-likeness (QED) is 0.823. The van der Waals surface area contributed by atoms with E-state index in [9.17, 15) is 14.4 Å². The zero-order valence-electron chi connectivity index (χ0n) is 13.6. The standard InChI is InChI=1S/C17H21N3O4/c1-2-24-16(22)12-5-7-20(8-6-12)15(21)10-11-3-4-13-14(9-11)19-17(23)18-13/h3-4,9,12H,2,5-8,10H2,1H3,(H2,18,19,23). The fourth-order valence-electron chi connectivity index (χ4n) is 3.10. The molecule has 0 spiro atoms. The molecular weight excluding hydrogens is 310 g/mol. The number of hydrogen-bond acceptors (Lipinski definition) is 4. The largest absolute Gasteiger partial charge is 0.466 e. The molecule has 0 unspecified atom stereocenters. The van der Waals surface area contributed by atoms with E-state index in [0.29, 0.717) is 38.1 Å². The molecular formula is C17H21N3O4. The topological polar surface area (TPSA) is 95.3 Å². The number of esters is 1. The molecule has 24 heavy (non-hydrogen) atoms. The lowest BCUT2D eigenvalue weighted by Crippen LogP contribution is -2.41. The Bertz CT molecular complexity index is 800. The van der Waals surface area contributed by atoms with Crippen LogP contribution in [0.4, 0.5) is 0 Å². The van der Waals surface area contributed by atoms with Gasteiger partial charge < -0.3 is 19.6 Å². The number of piperidine rings is 1. The van der Waals surface area contributed by atoms with E-state index in [1.807, 2.05) is 12.1 Å². The third kappa shape index (κ3) is 3.50. The number of ether oxygens (including phenoxy) is 1. The minimum Gasteiger partial charge on any atom is -0.466 e. The summed E-state index contributed by atoms with van der Waals surface area (Å²) in [5.41, 5.74) is 2.03. The van der Waals surface area contributed by atoms with Crippen molar-refractivity contribution >= 4 is 22.9 Å². The van der Waals surface area contributed by atoms with Gasteiger partial charge in [-0.15, -0.1) is 0 Å². The number of nitrogens with zero attached hydrogens (tertiary/aromatic N) is 1. The summed E-state index contributed by atoms with van der Waals surface area (Å²) in [5, 5.41) is 0. The number of hydrogen-bond donors (Lipinski definition) is 2. The van der Waals surface area contributed by atoms with Gasteiger partial charge in [-0.25, -0.2) is 4.79 Å². The fourth-order valence-corrected chi connectivity index (χ4v) is 3.10. The molecule has 2 N–H and O–H groups in total. The van der Waals surface area contributed by atoms with Gasteiger partial charge in [-0.1, -0.05) is 6.07 Å². The van der Waals surface area contributed by atoms with Gasteiger partial charge in [0.2, 0.25) is 5.91 Å². The van der Waals surface area contributed by atoms with Crippen LogP contribution in [0.25, 0.3) is 11.0 Å². The van der Waals surface area contributed by atoms with Crippen LogP contribution in [0.15, 0.2) is 23.0 Å². The smallest absolute Gasteiger partial charge is 0.323 e. The molecule has 7 heteroatoms. The Morgan fingerprint density at radius 3 is 2.62 bits per heavy atom. The van der Waals surface area contributed by atoms with Crippen LogP contribution >= 0.6 is 0 Å². The number of rotatable bonds is 4. The Morgan fingerprint density at radius 1 is 1.21 bits per heavy atom. The predicted octanol–water partition coefficient (Wildman–Crippen LogP) is 1.20. The first kappa shape index (κ1) is 16.3. The van der Waals surface area contributed by atoms with Crippen LogP contribution in [0, 0.1) is 5.92 Å². The van der Waals surface area contributed by atoms with Crippen molar-refractivity contribution < 1.29 is 14.3 Å². The van der Waals surface area contributed by atoms with Gasteiger partial charge >= 0.3 is 11.7 Å². The summed E-state index contributed by atoms with van der Waals surface area (Å²) < 4.78 is 5.04. The summed E-state index contributed by atoms with van der Waals surface area (Å²) >= 11 is 0. The maximum Gasteiger partial charge on any atom is 0.323 e. The van der Waals surface area contributed by atoms with Crippen LogP contribution in [0.5, 0.6) is 0 Å². The summed E-state index contributed by atoms with van der Waals surface area (Å²) in [5.74, 6) is -0.226. The van der Waals surface area contributed by atoms with Crippen molar-refractivity contribution in [3.63, 3.8) is 0 Å². The lowest BCUT2D eigenvalue weighted by Gasteiger charge is -2.31. The van der Waals surface area contributed by atoms with E-state index in [4.69, 9.17) is 4.74 Å². The molecule has 1 amide bonds. The van der Waals surface area contributed by atoms with Gasteiger partial charge in [0.1, 0.15) is 0 Å². The molecule has 0 saturated carbocycles. The van der Waals surface area contributed by atoms with Crippen molar-refractivity contribution in [2.45, 2.75) is 26.2 Å². The molecule has 7 nitrogen and oxygen atoms in total. The summed E-state index contributed by atoms with van der Waals surface area (Å²) in [6.07, 6.45) is 1.58. The Morgan fingerprint density at radius 2 is 1.92 bits per heavy atom. The number of carbonyl (C=O) groups excluding carboxylic acids is 2. The molecule has 0 bridgehead atoms. The number of likely N-dealkylation sites (tertiary alicyclic amines) is 1. The van der Waals surface area contributed by atoms with Gasteiger partial charge in [-0.2, -0.15) is 0 Å². The molecule has 1 aliphatic rings. The van der Waals surface area contributed by atoms with Crippen molar-refractivity contribution in [1.82, 2.24) is 14.9 Å². The number of benzene rings is 1. The highest BCUT2D eigenvalue weighted by Crippen LogP contribution is 2.20. The Kier molecular flexibility index (Phi) is 4.69. The number of amides is 1. The van der Waals surface area contributed by atoms with Gasteiger partial charge in [0.25, 0.3) is 0 Å². The minimum atomic E-state index is -0.255. The number of H-pyrrole nitrogens is 2. The highest BCUT2D eigenvalue weighted by Gasteiger charge is 2.28. The normalized spacial score (nSPS) is 15.6. The molecule has 128 valence electrons. The lowest BCUT2D eigenvalue weighted by atomic mass is 9.96. The summed E-state index contributed by atoms with van der Waals surface area (Å²) in [6, 6.07) is 5.45. The van der Waals surface area contributed by atoms with Gasteiger partial charge in [0.15, 0.2) is 0 Å². The van der Waals surface area contributed by atoms with E-state index in [0.717, 1.165) is 11.1 Å². The molecule has 1 fully saturated rings. The number of aromatic amines is 2. The van der Waals surface area contributed by atoms with Crippen LogP contribution < -0.4 is 5.69 Å². The Hall–Kier alpha value is -2.57. The van der Waals surface area contributed by atoms with Crippen molar-refractivity contribution in [3.05, 3.63) is 34.2 Å². The van der Waals surface area contributed by atoms with Crippen molar-refractivity contribution in [1.29, 1.82) is 0 Å². The molecule has 1 saturated heterocycles. The van der Waals surface area contributed by atoms with Gasteiger partial charge in [0, 0.05) is 13.1 Å². The average molecular weight is 331 g/mol. The van der Waals surface area contributed by atoms with Crippen molar-refractivity contribution in [3.8, 4) is 0 Å². The van der Waals surface area contributed by atoms with Crippen LogP contribution in [-0.4, -0.2) is 46.4 Å². The second kappa shape index (κ2) is 6.90. The lowest BCUT2D eigenvalue weighted by molar-refractivity contribution is -0.151. The molecule has 3 rings (SSSR count). The maximum absolute atomic E-state index is 12.4. The van der Waals surface area contributed by atoms with Crippen molar-refractivity contribution in [2.24, 2.45) is 5.92 Å². The van der Waals surface area contributed by atoms with Gasteiger partial charge in [-0.05, 0) is 37.5 Å². The molecule has 1 aromatic carbocycles. The van der Waals surface area contributed by atoms with E-state index in [-0.39, 0.29) is 29.9 Å². The van der Waals surface area contributed by atoms with Crippen molar-refractivity contribution in [2.75, 3.05) is 19.7 Å². The first-order chi connectivity index (χ1) is 11.6. The number of aromatic nitrogens is 2. The van der Waals surface area contributed by atoms with Crippen LogP contribution in [0.1, 0.15) is 25.3 Å². The fraction of sp³-hybridized carbons (Fsp3) is 0.471. The maximum atomic E-state index is 12.4. The average Bonchev–Trinajstić information content (AvgIpc) is 2.94. The first-order valence-corrected chi connectivity index (χ1v) is 8.22. The number of fused-ring (bicyclic) bond motifs is 1. The Balaban J connectivity index is 1.59. The van der Waals surface area contributed by atoms with E-state index in [2.05, 4.69) is 9.97 Å². The number of carbonyl (C=O) groups is 2. The summed E-state index contributed by atoms with van der Waals surface area (Å²) in [7, 11) is 0. The van der Waals surface area contributed by atoms with Gasteiger partial charge in [0.05, 0.1) is 30.0 Å². The molecule has 1 aliphatic heterocycles. The third-order valence-electron chi connectivity index (χ3n) is 4.40. The highest BCUT2D eigenvalue weighted by atomic mass is 16.5. The van der Waals surface area contributed by atoms with E-state index >= 15 is 0 Å². The molecule has 1 aromatic heterocycles. The first-order valence-electron chi connectivity index (χ1n) is 8.22. The molecule has 2 heterocycles. The zero-order chi connectivity index (χ0) is 17.1. The molecule has 0 atom stereocenters. The monoisotopic (exact) mass is 331 g/mol. The molecule has 0 radical (unpaired) electrons. The summed E-state index contributed by atoms with van der Waals surface area (Å²) in [6.45, 7) is 3.34. The third-order valence-corrected chi connectivity index (χ3v) is 4.40. The SMILES string of the molecule is CCOC(=O)C1CCN(C(=O)Cc2ccc3[nH]c(=O)[nH]c3c2)CC1. The Labute approximate surface area is 139 Å². The zero-order valence-corrected chi connectivity index (χ0v) is 13.6. The van der Waals surface area contributed by atoms with E-state index in [1.165, 1.54) is 0 Å². The van der Waals surface area contributed by atoms with Crippen LogP contribution in [-0.2, 0) is 20.7 Å². The molecule has 2 aromatic rings. The van der Waals surface area contributed by atoms with E-state index < -0.39 is 0 Å². The summed E-state index contributed by atoms with van der Waals surface area (Å²) in [4.78, 5) is 42.6. The number of imidazole rings is 1. The van der Waals surface area contributed by atoms with E-state index in [1.54, 1.807) is 17.9 Å². The van der Waals surface area contributed by atoms with Crippen LogP contribution in [0.3, 0.4) is 0 Å². The van der Waals surface area contributed by atoms with Gasteiger partial charge in [-0.3, -0.25) is 9.59 Å². The highest BCUT2D eigenvalue weighted by molar-refractivity contribution is 5.82. The minimum absolute atomic E-state index is 0.0366. The van der Waals surface area contributed by atoms with Crippen LogP contribution in [0.2, 0.25) is 0 Å². The predicted molar refractivity (Wildman–Crippen MR) is 88.6 cm³/mol. The number of nitrogens with one attached hydrogen (secondary N) is 2.